The largest absolute Gasteiger partial charge is 0.508 e. The van der Waals surface area contributed by atoms with Gasteiger partial charge in [-0.25, -0.2) is 0 Å². The van der Waals surface area contributed by atoms with E-state index in [-0.39, 0.29) is 5.75 Å². The Labute approximate surface area is 94.2 Å². The molecule has 0 amide bonds. The van der Waals surface area contributed by atoms with Crippen LogP contribution in [0.25, 0.3) is 6.08 Å². The standard InChI is InChI=1S/C12H15NO3/c1-9(12(15)16)13-8-2-3-10-4-6-11(14)7-5-10/h2-7,9,13-14H,8H2,1H3,(H,15,16)/t9-/m0/s1. The van der Waals surface area contributed by atoms with Gasteiger partial charge in [-0.05, 0) is 24.6 Å². The van der Waals surface area contributed by atoms with E-state index in [0.717, 1.165) is 5.56 Å². The smallest absolute Gasteiger partial charge is 0.320 e. The van der Waals surface area contributed by atoms with Crippen LogP contribution in [-0.2, 0) is 4.79 Å². The number of phenolic OH excluding ortho intramolecular Hbond substituents is 1. The molecule has 0 unspecified atom stereocenters. The van der Waals surface area contributed by atoms with Crippen molar-refractivity contribution in [2.75, 3.05) is 6.54 Å². The summed E-state index contributed by atoms with van der Waals surface area (Å²) in [5.74, 6) is -0.632. The number of hydrogen-bond donors (Lipinski definition) is 3. The summed E-state index contributed by atoms with van der Waals surface area (Å²) in [6.07, 6.45) is 3.70. The third kappa shape index (κ3) is 4.14. The van der Waals surface area contributed by atoms with Crippen LogP contribution in [0, 0.1) is 0 Å². The van der Waals surface area contributed by atoms with Crippen LogP contribution in [-0.4, -0.2) is 28.8 Å². The molecule has 0 radical (unpaired) electrons. The second-order valence-electron chi connectivity index (χ2n) is 3.46. The fraction of sp³-hybridized carbons (Fsp3) is 0.250. The fourth-order valence-corrected chi connectivity index (χ4v) is 1.11. The number of phenols is 1. The molecule has 0 spiro atoms. The highest BCUT2D eigenvalue weighted by atomic mass is 16.4. The molecule has 0 fully saturated rings. The second-order valence-corrected chi connectivity index (χ2v) is 3.46. The van der Waals surface area contributed by atoms with Crippen LogP contribution in [0.15, 0.2) is 30.3 Å². The van der Waals surface area contributed by atoms with Crippen molar-refractivity contribution < 1.29 is 15.0 Å². The number of aliphatic carboxylic acids is 1. The first-order valence-corrected chi connectivity index (χ1v) is 5.01. The lowest BCUT2D eigenvalue weighted by atomic mass is 10.2. The first kappa shape index (κ1) is 12.3. The lowest BCUT2D eigenvalue weighted by Crippen LogP contribution is -2.33. The van der Waals surface area contributed by atoms with Crippen LogP contribution < -0.4 is 5.32 Å². The normalized spacial score (nSPS) is 12.8. The van der Waals surface area contributed by atoms with E-state index in [1.165, 1.54) is 0 Å². The van der Waals surface area contributed by atoms with Crippen LogP contribution in [0.2, 0.25) is 0 Å². The molecule has 0 bridgehead atoms. The summed E-state index contributed by atoms with van der Waals surface area (Å²) in [6.45, 7) is 2.09. The van der Waals surface area contributed by atoms with Crippen LogP contribution in [0.5, 0.6) is 5.75 Å². The first-order valence-electron chi connectivity index (χ1n) is 5.01. The van der Waals surface area contributed by atoms with Gasteiger partial charge in [0.05, 0.1) is 0 Å². The average molecular weight is 221 g/mol. The van der Waals surface area contributed by atoms with Crippen molar-refractivity contribution in [3.63, 3.8) is 0 Å². The molecule has 4 heteroatoms. The van der Waals surface area contributed by atoms with Gasteiger partial charge in [0.1, 0.15) is 11.8 Å². The number of carboxylic acids is 1. The van der Waals surface area contributed by atoms with E-state index in [9.17, 15) is 4.79 Å². The number of nitrogens with one attached hydrogen (secondary N) is 1. The molecule has 0 aliphatic heterocycles. The molecule has 0 aromatic heterocycles. The number of carboxylic acid groups (broad SMARTS) is 1. The summed E-state index contributed by atoms with van der Waals surface area (Å²) in [4.78, 5) is 10.5. The third-order valence-corrected chi connectivity index (χ3v) is 2.12. The van der Waals surface area contributed by atoms with Gasteiger partial charge in [-0.1, -0.05) is 24.3 Å². The number of benzene rings is 1. The van der Waals surface area contributed by atoms with Gasteiger partial charge in [0, 0.05) is 6.54 Å². The Morgan fingerprint density at radius 2 is 2.06 bits per heavy atom. The lowest BCUT2D eigenvalue weighted by Gasteiger charge is -2.05. The number of rotatable bonds is 5. The van der Waals surface area contributed by atoms with E-state index in [4.69, 9.17) is 10.2 Å². The van der Waals surface area contributed by atoms with Gasteiger partial charge in [0.2, 0.25) is 0 Å². The molecule has 1 atom stereocenters. The maximum atomic E-state index is 10.5. The van der Waals surface area contributed by atoms with E-state index in [1.807, 2.05) is 12.2 Å². The molecular weight excluding hydrogens is 206 g/mol. The second kappa shape index (κ2) is 5.92. The van der Waals surface area contributed by atoms with E-state index in [0.29, 0.717) is 6.54 Å². The zero-order chi connectivity index (χ0) is 12.0. The lowest BCUT2D eigenvalue weighted by molar-refractivity contribution is -0.138. The van der Waals surface area contributed by atoms with Crippen LogP contribution in [0.1, 0.15) is 12.5 Å². The summed E-state index contributed by atoms with van der Waals surface area (Å²) >= 11 is 0. The van der Waals surface area contributed by atoms with Crippen molar-refractivity contribution in [2.24, 2.45) is 0 Å². The predicted octanol–water partition coefficient (Wildman–Crippen LogP) is 1.47. The van der Waals surface area contributed by atoms with E-state index in [2.05, 4.69) is 5.32 Å². The Morgan fingerprint density at radius 3 is 2.62 bits per heavy atom. The fourth-order valence-electron chi connectivity index (χ4n) is 1.11. The van der Waals surface area contributed by atoms with Crippen molar-refractivity contribution >= 4 is 12.0 Å². The van der Waals surface area contributed by atoms with Crippen molar-refractivity contribution in [3.05, 3.63) is 35.9 Å². The molecule has 0 heterocycles. The zero-order valence-electron chi connectivity index (χ0n) is 9.05. The van der Waals surface area contributed by atoms with Crippen LogP contribution in [0.3, 0.4) is 0 Å². The zero-order valence-corrected chi connectivity index (χ0v) is 9.05. The Kier molecular flexibility index (Phi) is 4.54. The molecular formula is C12H15NO3. The third-order valence-electron chi connectivity index (χ3n) is 2.12. The molecule has 16 heavy (non-hydrogen) atoms. The monoisotopic (exact) mass is 221 g/mol. The van der Waals surface area contributed by atoms with Crippen molar-refractivity contribution in [1.82, 2.24) is 5.32 Å². The molecule has 1 aromatic carbocycles. The number of aromatic hydroxyl groups is 1. The maximum Gasteiger partial charge on any atom is 0.320 e. The molecule has 86 valence electrons. The summed E-state index contributed by atoms with van der Waals surface area (Å²) in [7, 11) is 0. The Balaban J connectivity index is 2.37. The van der Waals surface area contributed by atoms with Crippen molar-refractivity contribution in [2.45, 2.75) is 13.0 Å². The molecule has 0 saturated heterocycles. The van der Waals surface area contributed by atoms with Gasteiger partial charge in [0.25, 0.3) is 0 Å². The minimum Gasteiger partial charge on any atom is -0.508 e. The van der Waals surface area contributed by atoms with E-state index < -0.39 is 12.0 Å². The van der Waals surface area contributed by atoms with Gasteiger partial charge >= 0.3 is 5.97 Å². The van der Waals surface area contributed by atoms with E-state index in [1.54, 1.807) is 31.2 Å². The molecule has 0 aliphatic rings. The minimum atomic E-state index is -0.863. The SMILES string of the molecule is C[C@H](NCC=Cc1ccc(O)cc1)C(=O)O. The quantitative estimate of drug-likeness (QED) is 0.704. The van der Waals surface area contributed by atoms with Gasteiger partial charge in [-0.3, -0.25) is 4.79 Å². The van der Waals surface area contributed by atoms with Crippen molar-refractivity contribution in [1.29, 1.82) is 0 Å². The summed E-state index contributed by atoms with van der Waals surface area (Å²) in [6, 6.07) is 6.23. The van der Waals surface area contributed by atoms with Gasteiger partial charge in [0.15, 0.2) is 0 Å². The van der Waals surface area contributed by atoms with Gasteiger partial charge < -0.3 is 15.5 Å². The molecule has 1 aromatic rings. The molecule has 3 N–H and O–H groups in total. The predicted molar refractivity (Wildman–Crippen MR) is 62.2 cm³/mol. The summed E-state index contributed by atoms with van der Waals surface area (Å²) in [5, 5.41) is 20.5. The van der Waals surface area contributed by atoms with Crippen LogP contribution >= 0.6 is 0 Å². The number of carbonyl (C=O) groups is 1. The average Bonchev–Trinajstić information content (AvgIpc) is 2.26. The molecule has 4 nitrogen and oxygen atoms in total. The van der Waals surface area contributed by atoms with Crippen LogP contribution in [0.4, 0.5) is 0 Å². The topological polar surface area (TPSA) is 69.6 Å². The van der Waals surface area contributed by atoms with E-state index >= 15 is 0 Å². The highest BCUT2D eigenvalue weighted by Crippen LogP contribution is 2.10. The molecule has 0 saturated carbocycles. The van der Waals surface area contributed by atoms with Crippen molar-refractivity contribution in [3.8, 4) is 5.75 Å². The Morgan fingerprint density at radius 1 is 1.44 bits per heavy atom. The Bertz CT molecular complexity index is 370. The number of hydrogen-bond acceptors (Lipinski definition) is 3. The summed E-state index contributed by atoms with van der Waals surface area (Å²) in [5.41, 5.74) is 0.961. The molecule has 0 aliphatic carbocycles. The van der Waals surface area contributed by atoms with Gasteiger partial charge in [-0.2, -0.15) is 0 Å². The highest BCUT2D eigenvalue weighted by molar-refractivity contribution is 5.72. The first-order chi connectivity index (χ1) is 7.59. The highest BCUT2D eigenvalue weighted by Gasteiger charge is 2.06. The summed E-state index contributed by atoms with van der Waals surface area (Å²) < 4.78 is 0. The minimum absolute atomic E-state index is 0.231. The maximum absolute atomic E-state index is 10.5. The van der Waals surface area contributed by atoms with Gasteiger partial charge in [-0.15, -0.1) is 0 Å². The molecule has 1 rings (SSSR count). The Hall–Kier alpha value is -1.81.